The fourth-order valence-corrected chi connectivity index (χ4v) is 2.58. The molecule has 0 saturated heterocycles. The van der Waals surface area contributed by atoms with Gasteiger partial charge in [0.15, 0.2) is 5.03 Å². The van der Waals surface area contributed by atoms with Gasteiger partial charge in [-0.25, -0.2) is 13.1 Å². The standard InChI is InChI=1S/C13H16N4O3S/c1-10-2-4-11(5-3-10)13(18)14-8-9-16-21(19,20)12-6-7-15-17-12/h2-7,16H,8-9H2,1H3,(H,14,18)(H,15,17). The van der Waals surface area contributed by atoms with E-state index in [1.165, 1.54) is 12.3 Å². The maximum absolute atomic E-state index is 11.8. The lowest BCUT2D eigenvalue weighted by atomic mass is 10.1. The summed E-state index contributed by atoms with van der Waals surface area (Å²) in [6.45, 7) is 2.23. The van der Waals surface area contributed by atoms with Gasteiger partial charge in [-0.3, -0.25) is 9.89 Å². The predicted octanol–water partition coefficient (Wildman–Crippen LogP) is 0.426. The first-order valence-corrected chi connectivity index (χ1v) is 7.81. The molecule has 2 rings (SSSR count). The van der Waals surface area contributed by atoms with E-state index in [0.29, 0.717) is 5.56 Å². The monoisotopic (exact) mass is 308 g/mol. The van der Waals surface area contributed by atoms with Crippen molar-refractivity contribution in [3.63, 3.8) is 0 Å². The van der Waals surface area contributed by atoms with Gasteiger partial charge in [0.25, 0.3) is 15.9 Å². The van der Waals surface area contributed by atoms with Gasteiger partial charge in [0.2, 0.25) is 0 Å². The predicted molar refractivity (Wildman–Crippen MR) is 77.3 cm³/mol. The third kappa shape index (κ3) is 4.14. The third-order valence-electron chi connectivity index (χ3n) is 2.78. The molecule has 7 nitrogen and oxygen atoms in total. The number of benzene rings is 1. The van der Waals surface area contributed by atoms with E-state index >= 15 is 0 Å². The molecule has 2 aromatic rings. The Hall–Kier alpha value is -2.19. The Morgan fingerprint density at radius 3 is 2.52 bits per heavy atom. The molecule has 0 radical (unpaired) electrons. The molecule has 112 valence electrons. The summed E-state index contributed by atoms with van der Waals surface area (Å²) in [6.07, 6.45) is 1.35. The van der Waals surface area contributed by atoms with Gasteiger partial charge in [-0.15, -0.1) is 0 Å². The summed E-state index contributed by atoms with van der Waals surface area (Å²) in [7, 11) is -3.60. The first-order chi connectivity index (χ1) is 9.99. The number of carbonyl (C=O) groups excluding carboxylic acids is 1. The lowest BCUT2D eigenvalue weighted by Crippen LogP contribution is -2.34. The molecule has 0 saturated carbocycles. The van der Waals surface area contributed by atoms with Gasteiger partial charge < -0.3 is 5.32 Å². The van der Waals surface area contributed by atoms with E-state index in [9.17, 15) is 13.2 Å². The number of hydrogen-bond acceptors (Lipinski definition) is 4. The molecule has 0 spiro atoms. The molecule has 3 N–H and O–H groups in total. The smallest absolute Gasteiger partial charge is 0.257 e. The maximum Gasteiger partial charge on any atom is 0.257 e. The maximum atomic E-state index is 11.8. The number of aromatic amines is 1. The first kappa shape index (κ1) is 15.2. The minimum absolute atomic E-state index is 0.00707. The number of H-pyrrole nitrogens is 1. The fraction of sp³-hybridized carbons (Fsp3) is 0.231. The number of aryl methyl sites for hydroxylation is 1. The SMILES string of the molecule is Cc1ccc(C(=O)NCCNS(=O)(=O)c2ccn[nH]2)cc1. The molecule has 8 heteroatoms. The van der Waals surface area contributed by atoms with E-state index in [1.807, 2.05) is 19.1 Å². The van der Waals surface area contributed by atoms with Crippen molar-refractivity contribution in [1.82, 2.24) is 20.2 Å². The van der Waals surface area contributed by atoms with Gasteiger partial charge >= 0.3 is 0 Å². The van der Waals surface area contributed by atoms with Crippen molar-refractivity contribution in [1.29, 1.82) is 0 Å². The van der Waals surface area contributed by atoms with Crippen LogP contribution in [0, 0.1) is 6.92 Å². The number of nitrogens with one attached hydrogen (secondary N) is 3. The van der Waals surface area contributed by atoms with Crippen LogP contribution in [0.5, 0.6) is 0 Å². The summed E-state index contributed by atoms with van der Waals surface area (Å²) < 4.78 is 25.9. The number of aromatic nitrogens is 2. The number of rotatable bonds is 6. The molecule has 0 bridgehead atoms. The highest BCUT2D eigenvalue weighted by molar-refractivity contribution is 7.89. The Morgan fingerprint density at radius 2 is 1.90 bits per heavy atom. The second-order valence-electron chi connectivity index (χ2n) is 4.44. The number of amides is 1. The van der Waals surface area contributed by atoms with Crippen LogP contribution in [0.1, 0.15) is 15.9 Å². The van der Waals surface area contributed by atoms with Crippen molar-refractivity contribution < 1.29 is 13.2 Å². The third-order valence-corrected chi connectivity index (χ3v) is 4.17. The summed E-state index contributed by atoms with van der Waals surface area (Å²) >= 11 is 0. The summed E-state index contributed by atoms with van der Waals surface area (Å²) in [5.41, 5.74) is 1.61. The van der Waals surface area contributed by atoms with E-state index in [1.54, 1.807) is 12.1 Å². The Labute approximate surface area is 122 Å². The van der Waals surface area contributed by atoms with Crippen LogP contribution in [0.4, 0.5) is 0 Å². The van der Waals surface area contributed by atoms with Crippen LogP contribution in [0.25, 0.3) is 0 Å². The first-order valence-electron chi connectivity index (χ1n) is 6.33. The van der Waals surface area contributed by atoms with E-state index < -0.39 is 10.0 Å². The van der Waals surface area contributed by atoms with Crippen molar-refractivity contribution in [2.45, 2.75) is 11.9 Å². The molecule has 0 aliphatic rings. The van der Waals surface area contributed by atoms with Crippen LogP contribution in [0.3, 0.4) is 0 Å². The van der Waals surface area contributed by atoms with Crippen molar-refractivity contribution in [3.8, 4) is 0 Å². The molecule has 0 aliphatic carbocycles. The Balaban J connectivity index is 1.80. The average Bonchev–Trinajstić information content (AvgIpc) is 2.99. The highest BCUT2D eigenvalue weighted by Crippen LogP contribution is 2.03. The van der Waals surface area contributed by atoms with Gasteiger partial charge in [0, 0.05) is 18.7 Å². The minimum Gasteiger partial charge on any atom is -0.351 e. The van der Waals surface area contributed by atoms with Crippen LogP contribution in [0.15, 0.2) is 41.6 Å². The van der Waals surface area contributed by atoms with Gasteiger partial charge in [0.1, 0.15) is 0 Å². The van der Waals surface area contributed by atoms with Crippen molar-refractivity contribution in [2.75, 3.05) is 13.1 Å². The zero-order valence-electron chi connectivity index (χ0n) is 11.5. The second-order valence-corrected chi connectivity index (χ2v) is 6.18. The molecule has 21 heavy (non-hydrogen) atoms. The normalized spacial score (nSPS) is 11.3. The van der Waals surface area contributed by atoms with Gasteiger partial charge in [-0.1, -0.05) is 17.7 Å². The lowest BCUT2D eigenvalue weighted by Gasteiger charge is -2.07. The Morgan fingerprint density at radius 1 is 1.19 bits per heavy atom. The van der Waals surface area contributed by atoms with Crippen LogP contribution < -0.4 is 10.0 Å². The Kier molecular flexibility index (Phi) is 4.71. The van der Waals surface area contributed by atoms with Gasteiger partial charge in [-0.2, -0.15) is 5.10 Å². The zero-order valence-corrected chi connectivity index (χ0v) is 12.3. The molecular formula is C13H16N4O3S. The van der Waals surface area contributed by atoms with Crippen LogP contribution in [-0.4, -0.2) is 37.6 Å². The quantitative estimate of drug-likeness (QED) is 0.673. The highest BCUT2D eigenvalue weighted by Gasteiger charge is 2.14. The average molecular weight is 308 g/mol. The fourth-order valence-electron chi connectivity index (χ4n) is 1.64. The summed E-state index contributed by atoms with van der Waals surface area (Å²) in [5.74, 6) is -0.240. The lowest BCUT2D eigenvalue weighted by molar-refractivity contribution is 0.0954. The van der Waals surface area contributed by atoms with Gasteiger partial charge in [0.05, 0.1) is 6.20 Å². The number of hydrogen-bond donors (Lipinski definition) is 3. The van der Waals surface area contributed by atoms with Crippen LogP contribution >= 0.6 is 0 Å². The topological polar surface area (TPSA) is 104 Å². The summed E-state index contributed by atoms with van der Waals surface area (Å²) in [4.78, 5) is 11.8. The van der Waals surface area contributed by atoms with E-state index in [2.05, 4.69) is 20.2 Å². The van der Waals surface area contributed by atoms with Gasteiger partial charge in [-0.05, 0) is 25.1 Å². The second kappa shape index (κ2) is 6.51. The molecule has 0 atom stereocenters. The molecule has 1 aromatic heterocycles. The van der Waals surface area contributed by atoms with E-state index in [4.69, 9.17) is 0 Å². The number of nitrogens with zero attached hydrogens (tertiary/aromatic N) is 1. The highest BCUT2D eigenvalue weighted by atomic mass is 32.2. The minimum atomic E-state index is -3.60. The summed E-state index contributed by atoms with van der Waals surface area (Å²) in [6, 6.07) is 8.48. The molecule has 1 amide bonds. The molecular weight excluding hydrogens is 292 g/mol. The number of carbonyl (C=O) groups is 1. The molecule has 1 heterocycles. The van der Waals surface area contributed by atoms with E-state index in [0.717, 1.165) is 5.56 Å². The molecule has 0 fully saturated rings. The molecule has 0 unspecified atom stereocenters. The van der Waals surface area contributed by atoms with Crippen LogP contribution in [0.2, 0.25) is 0 Å². The Bertz CT molecular complexity index is 694. The number of sulfonamides is 1. The van der Waals surface area contributed by atoms with Crippen molar-refractivity contribution >= 4 is 15.9 Å². The zero-order chi connectivity index (χ0) is 15.3. The van der Waals surface area contributed by atoms with Crippen molar-refractivity contribution in [2.24, 2.45) is 0 Å². The van der Waals surface area contributed by atoms with Crippen molar-refractivity contribution in [3.05, 3.63) is 47.7 Å². The molecule has 0 aliphatic heterocycles. The molecule has 1 aromatic carbocycles. The van der Waals surface area contributed by atoms with E-state index in [-0.39, 0.29) is 24.0 Å². The summed E-state index contributed by atoms with van der Waals surface area (Å²) in [5, 5.41) is 8.59. The largest absolute Gasteiger partial charge is 0.351 e. The van der Waals surface area contributed by atoms with Crippen LogP contribution in [-0.2, 0) is 10.0 Å².